The van der Waals surface area contributed by atoms with Crippen LogP contribution in [0.2, 0.25) is 0 Å². The first kappa shape index (κ1) is 9.44. The molecular formula is C10H15Hf. The molecule has 0 aromatic rings. The average Bonchev–Trinajstić information content (AvgIpc) is 2.12. The van der Waals surface area contributed by atoms with Gasteiger partial charge in [0, 0.05) is 0 Å². The van der Waals surface area contributed by atoms with Gasteiger partial charge in [-0.25, -0.2) is 0 Å². The summed E-state index contributed by atoms with van der Waals surface area (Å²) in [6.45, 7) is 6.92. The van der Waals surface area contributed by atoms with Crippen molar-refractivity contribution in [1.29, 1.82) is 0 Å². The molecule has 59 valence electrons. The third kappa shape index (κ3) is 3.06. The molecule has 0 saturated heterocycles. The molecule has 0 spiro atoms. The molecule has 0 unspecified atom stereocenters. The zero-order valence-corrected chi connectivity index (χ0v) is 11.2. The Morgan fingerprint density at radius 1 is 1.45 bits per heavy atom. The van der Waals surface area contributed by atoms with Gasteiger partial charge in [0.2, 0.25) is 0 Å². The molecule has 0 heterocycles. The standard InChI is InChI=1S/C10H15.Hf/c1-10(2,3)8-9-6-4-5-7-9;/h4,6H,5,8H2,1-3H3;. The van der Waals surface area contributed by atoms with E-state index in [-0.39, 0.29) is 0 Å². The van der Waals surface area contributed by atoms with E-state index in [1.165, 1.54) is 37.2 Å². The van der Waals surface area contributed by atoms with Crippen molar-refractivity contribution >= 4 is 0 Å². The molecule has 1 aliphatic rings. The van der Waals surface area contributed by atoms with Crippen LogP contribution in [0.25, 0.3) is 0 Å². The van der Waals surface area contributed by atoms with Crippen LogP contribution in [-0.2, 0) is 24.4 Å². The van der Waals surface area contributed by atoms with E-state index in [4.69, 9.17) is 0 Å². The van der Waals surface area contributed by atoms with Gasteiger partial charge >= 0.3 is 84.5 Å². The predicted molar refractivity (Wildman–Crippen MR) is 44.9 cm³/mol. The average molecular weight is 314 g/mol. The van der Waals surface area contributed by atoms with Gasteiger partial charge in [-0.3, -0.25) is 0 Å². The quantitative estimate of drug-likeness (QED) is 0.652. The van der Waals surface area contributed by atoms with E-state index in [0.29, 0.717) is 5.41 Å². The Labute approximate surface area is 84.3 Å². The van der Waals surface area contributed by atoms with Gasteiger partial charge in [0.25, 0.3) is 0 Å². The first-order chi connectivity index (χ1) is 4.99. The molecule has 0 aromatic carbocycles. The summed E-state index contributed by atoms with van der Waals surface area (Å²) in [5, 5.41) is 0. The van der Waals surface area contributed by atoms with Crippen LogP contribution in [0.3, 0.4) is 0 Å². The molecule has 0 nitrogen and oxygen atoms in total. The van der Waals surface area contributed by atoms with Gasteiger partial charge in [0.15, 0.2) is 0 Å². The fraction of sp³-hybridized carbons (Fsp3) is 0.600. The molecule has 0 bridgehead atoms. The van der Waals surface area contributed by atoms with Gasteiger partial charge in [0.05, 0.1) is 0 Å². The van der Waals surface area contributed by atoms with E-state index < -0.39 is 0 Å². The van der Waals surface area contributed by atoms with Gasteiger partial charge in [0.1, 0.15) is 0 Å². The molecule has 11 heavy (non-hydrogen) atoms. The second-order valence-corrected chi connectivity index (χ2v) is 6.52. The first-order valence-corrected chi connectivity index (χ1v) is 5.89. The second kappa shape index (κ2) is 3.38. The maximum absolute atomic E-state index is 2.31. The van der Waals surface area contributed by atoms with Crippen molar-refractivity contribution in [2.75, 3.05) is 0 Å². The molecule has 1 aliphatic carbocycles. The summed E-state index contributed by atoms with van der Waals surface area (Å²) in [5.74, 6) is 0. The maximum atomic E-state index is 2.31. The van der Waals surface area contributed by atoms with Crippen LogP contribution in [-0.4, -0.2) is 0 Å². The number of hydrogen-bond acceptors (Lipinski definition) is 0. The van der Waals surface area contributed by atoms with Crippen molar-refractivity contribution in [3.63, 3.8) is 0 Å². The molecule has 0 amide bonds. The third-order valence-electron chi connectivity index (χ3n) is 1.75. The molecule has 0 fully saturated rings. The fourth-order valence-electron chi connectivity index (χ4n) is 1.29. The van der Waals surface area contributed by atoms with Crippen molar-refractivity contribution in [2.45, 2.75) is 33.6 Å². The zero-order valence-electron chi connectivity index (χ0n) is 7.57. The van der Waals surface area contributed by atoms with Gasteiger partial charge in [-0.15, -0.1) is 0 Å². The van der Waals surface area contributed by atoms with Crippen LogP contribution in [0, 0.1) is 5.41 Å². The second-order valence-electron chi connectivity index (χ2n) is 4.35. The third-order valence-corrected chi connectivity index (χ3v) is 3.64. The van der Waals surface area contributed by atoms with Crippen LogP contribution >= 0.6 is 0 Å². The van der Waals surface area contributed by atoms with Crippen molar-refractivity contribution < 1.29 is 24.4 Å². The van der Waals surface area contributed by atoms with E-state index in [1.54, 1.807) is 8.90 Å². The summed E-state index contributed by atoms with van der Waals surface area (Å²) in [5.41, 5.74) is 2.07. The van der Waals surface area contributed by atoms with E-state index in [0.717, 1.165) is 0 Å². The van der Waals surface area contributed by atoms with Gasteiger partial charge in [-0.1, -0.05) is 0 Å². The Morgan fingerprint density at radius 3 is 2.45 bits per heavy atom. The van der Waals surface area contributed by atoms with Crippen LogP contribution in [0.4, 0.5) is 0 Å². The Hall–Kier alpha value is 0.350. The monoisotopic (exact) mass is 315 g/mol. The summed E-state index contributed by atoms with van der Waals surface area (Å²) in [4.78, 5) is 0. The molecule has 0 saturated carbocycles. The van der Waals surface area contributed by atoms with Crippen molar-refractivity contribution in [3.05, 3.63) is 21.1 Å². The minimum absolute atomic E-state index is 0.458. The summed E-state index contributed by atoms with van der Waals surface area (Å²) in [6.07, 6.45) is 7.09. The molecule has 1 rings (SSSR count). The topological polar surface area (TPSA) is 0 Å². The van der Waals surface area contributed by atoms with E-state index >= 15 is 0 Å². The van der Waals surface area contributed by atoms with Crippen LogP contribution < -0.4 is 0 Å². The van der Waals surface area contributed by atoms with Gasteiger partial charge in [-0.2, -0.15) is 0 Å². The van der Waals surface area contributed by atoms with E-state index in [2.05, 4.69) is 32.9 Å². The van der Waals surface area contributed by atoms with Crippen molar-refractivity contribution in [2.24, 2.45) is 5.41 Å². The Kier molecular flexibility index (Phi) is 2.90. The molecule has 0 radical (unpaired) electrons. The van der Waals surface area contributed by atoms with Gasteiger partial charge in [-0.05, 0) is 0 Å². The Bertz CT molecular complexity index is 203. The molecule has 0 N–H and O–H groups in total. The van der Waals surface area contributed by atoms with E-state index in [1.807, 2.05) is 0 Å². The van der Waals surface area contributed by atoms with Crippen LogP contribution in [0.1, 0.15) is 33.6 Å². The summed E-state index contributed by atoms with van der Waals surface area (Å²) in [7, 11) is 0. The SMILES string of the molecule is CC(C)(C)CC1=[C]([Hf])CC=C1. The zero-order chi connectivity index (χ0) is 8.48. The predicted octanol–water partition coefficient (Wildman–Crippen LogP) is 3.18. The number of rotatable bonds is 1. The van der Waals surface area contributed by atoms with Crippen LogP contribution in [0.15, 0.2) is 21.1 Å². The Balaban J connectivity index is 2.63. The fourth-order valence-corrected chi connectivity index (χ4v) is 2.33. The van der Waals surface area contributed by atoms with Crippen molar-refractivity contribution in [1.82, 2.24) is 0 Å². The van der Waals surface area contributed by atoms with E-state index in [9.17, 15) is 0 Å². The first-order valence-electron chi connectivity index (χ1n) is 4.09. The Morgan fingerprint density at radius 2 is 2.09 bits per heavy atom. The molecule has 1 heteroatoms. The summed E-state index contributed by atoms with van der Waals surface area (Å²) < 4.78 is 1.69. The van der Waals surface area contributed by atoms with Crippen LogP contribution in [0.5, 0.6) is 0 Å². The summed E-state index contributed by atoms with van der Waals surface area (Å²) >= 11 is 1.25. The van der Waals surface area contributed by atoms with Gasteiger partial charge < -0.3 is 0 Å². The van der Waals surface area contributed by atoms with Crippen molar-refractivity contribution in [3.8, 4) is 0 Å². The minimum atomic E-state index is 0.458. The number of hydrogen-bond donors (Lipinski definition) is 0. The molecule has 0 aliphatic heterocycles. The normalized spacial score (nSPS) is 18.0. The molecular weight excluding hydrogens is 299 g/mol. The molecule has 0 atom stereocenters. The molecule has 0 aromatic heterocycles. The number of allylic oxidation sites excluding steroid dienone is 4. The summed E-state index contributed by atoms with van der Waals surface area (Å²) in [6, 6.07) is 0.